The number of carboxylic acid groups (broad SMARTS) is 1. The highest BCUT2D eigenvalue weighted by molar-refractivity contribution is 6.02. The molecule has 1 aromatic carbocycles. The minimum Gasteiger partial charge on any atom is -0.480 e. The summed E-state index contributed by atoms with van der Waals surface area (Å²) in [5.74, 6) is -3.10. The fourth-order valence-electron chi connectivity index (χ4n) is 1.79. The number of nitrogens with zero attached hydrogens (tertiary/aromatic N) is 2. The summed E-state index contributed by atoms with van der Waals surface area (Å²) in [5, 5.41) is 19.5. The second-order valence-electron chi connectivity index (χ2n) is 4.26. The molecular formula is C12H14FN3O5. The number of halogens is 1. The normalized spacial score (nSPS) is 10.2. The van der Waals surface area contributed by atoms with E-state index in [1.165, 1.54) is 0 Å². The molecule has 0 aliphatic carbocycles. The molecule has 1 amide bonds. The molecule has 0 saturated carbocycles. The third kappa shape index (κ3) is 3.88. The standard InChI is InChI=1S/C12H14FN3O5/c1-2-3-15(6-10(17)18)12(19)8-4-7(13)5-9(11(8)14)16(20)21/h4-5H,2-3,6,14H2,1H3,(H,17,18). The summed E-state index contributed by atoms with van der Waals surface area (Å²) < 4.78 is 13.4. The quantitative estimate of drug-likeness (QED) is 0.462. The average molecular weight is 299 g/mol. The first kappa shape index (κ1) is 16.3. The number of carbonyl (C=O) groups excluding carboxylic acids is 1. The predicted octanol–water partition coefficient (Wildman–Crippen LogP) is 1.25. The van der Waals surface area contributed by atoms with E-state index in [9.17, 15) is 24.1 Å². The molecule has 0 atom stereocenters. The van der Waals surface area contributed by atoms with Crippen LogP contribution in [0.2, 0.25) is 0 Å². The van der Waals surface area contributed by atoms with Crippen LogP contribution in [0.1, 0.15) is 23.7 Å². The first-order valence-corrected chi connectivity index (χ1v) is 6.02. The smallest absolute Gasteiger partial charge is 0.323 e. The van der Waals surface area contributed by atoms with E-state index in [1.54, 1.807) is 6.92 Å². The van der Waals surface area contributed by atoms with Gasteiger partial charge in [-0.2, -0.15) is 0 Å². The van der Waals surface area contributed by atoms with Crippen molar-refractivity contribution in [1.29, 1.82) is 0 Å². The van der Waals surface area contributed by atoms with Crippen molar-refractivity contribution in [2.24, 2.45) is 0 Å². The molecule has 114 valence electrons. The van der Waals surface area contributed by atoms with E-state index >= 15 is 0 Å². The highest BCUT2D eigenvalue weighted by Gasteiger charge is 2.25. The van der Waals surface area contributed by atoms with Gasteiger partial charge in [0.2, 0.25) is 0 Å². The van der Waals surface area contributed by atoms with Crippen molar-refractivity contribution in [1.82, 2.24) is 4.90 Å². The van der Waals surface area contributed by atoms with E-state index in [4.69, 9.17) is 10.8 Å². The Morgan fingerprint density at radius 1 is 1.48 bits per heavy atom. The molecule has 0 heterocycles. The number of rotatable bonds is 6. The number of nitro groups is 1. The first-order valence-electron chi connectivity index (χ1n) is 6.02. The maximum absolute atomic E-state index is 13.4. The van der Waals surface area contributed by atoms with Crippen LogP contribution in [0, 0.1) is 15.9 Å². The van der Waals surface area contributed by atoms with Crippen molar-refractivity contribution in [3.05, 3.63) is 33.6 Å². The van der Waals surface area contributed by atoms with E-state index in [2.05, 4.69) is 0 Å². The maximum Gasteiger partial charge on any atom is 0.323 e. The Bertz CT molecular complexity index is 591. The number of carboxylic acids is 1. The van der Waals surface area contributed by atoms with Gasteiger partial charge in [0.15, 0.2) is 0 Å². The minimum absolute atomic E-state index is 0.106. The van der Waals surface area contributed by atoms with Gasteiger partial charge in [0, 0.05) is 6.54 Å². The van der Waals surface area contributed by atoms with Gasteiger partial charge < -0.3 is 15.7 Å². The molecule has 0 spiro atoms. The SMILES string of the molecule is CCCN(CC(=O)O)C(=O)c1cc(F)cc([N+](=O)[O-])c1N. The number of benzene rings is 1. The number of amides is 1. The van der Waals surface area contributed by atoms with Gasteiger partial charge in [0.1, 0.15) is 18.0 Å². The van der Waals surface area contributed by atoms with Gasteiger partial charge in [0.05, 0.1) is 16.6 Å². The Labute approximate surface area is 119 Å². The zero-order valence-corrected chi connectivity index (χ0v) is 11.2. The van der Waals surface area contributed by atoms with Crippen LogP contribution in [0.15, 0.2) is 12.1 Å². The van der Waals surface area contributed by atoms with Crippen LogP contribution in [0.3, 0.4) is 0 Å². The Morgan fingerprint density at radius 3 is 2.57 bits per heavy atom. The third-order valence-corrected chi connectivity index (χ3v) is 2.66. The minimum atomic E-state index is -1.25. The number of carbonyl (C=O) groups is 2. The molecule has 0 fully saturated rings. The highest BCUT2D eigenvalue weighted by atomic mass is 19.1. The third-order valence-electron chi connectivity index (χ3n) is 2.66. The maximum atomic E-state index is 13.4. The van der Waals surface area contributed by atoms with E-state index in [0.29, 0.717) is 12.5 Å². The summed E-state index contributed by atoms with van der Waals surface area (Å²) in [6.45, 7) is 1.23. The molecule has 1 rings (SSSR count). The van der Waals surface area contributed by atoms with Gasteiger partial charge in [-0.25, -0.2) is 4.39 Å². The second kappa shape index (κ2) is 6.64. The van der Waals surface area contributed by atoms with E-state index in [1.807, 2.05) is 0 Å². The van der Waals surface area contributed by atoms with Crippen molar-refractivity contribution in [3.63, 3.8) is 0 Å². The molecule has 0 aliphatic rings. The van der Waals surface area contributed by atoms with Gasteiger partial charge in [0.25, 0.3) is 11.6 Å². The number of nitrogens with two attached hydrogens (primary N) is 1. The van der Waals surface area contributed by atoms with Gasteiger partial charge >= 0.3 is 5.97 Å². The molecule has 0 radical (unpaired) electrons. The van der Waals surface area contributed by atoms with Crippen molar-refractivity contribution < 1.29 is 24.0 Å². The summed E-state index contributed by atoms with van der Waals surface area (Å²) in [6, 6.07) is 1.36. The van der Waals surface area contributed by atoms with E-state index < -0.39 is 46.1 Å². The van der Waals surface area contributed by atoms with Crippen LogP contribution >= 0.6 is 0 Å². The lowest BCUT2D eigenvalue weighted by atomic mass is 10.1. The van der Waals surface area contributed by atoms with E-state index in [0.717, 1.165) is 11.0 Å². The lowest BCUT2D eigenvalue weighted by Crippen LogP contribution is -2.36. The van der Waals surface area contributed by atoms with Crippen molar-refractivity contribution in [2.75, 3.05) is 18.8 Å². The number of nitrogen functional groups attached to an aromatic ring is 1. The Hall–Kier alpha value is -2.71. The van der Waals surface area contributed by atoms with E-state index in [-0.39, 0.29) is 6.54 Å². The summed E-state index contributed by atoms with van der Waals surface area (Å²) in [4.78, 5) is 33.7. The number of hydrogen-bond donors (Lipinski definition) is 2. The summed E-state index contributed by atoms with van der Waals surface area (Å²) in [7, 11) is 0. The van der Waals surface area contributed by atoms with Crippen LogP contribution in [-0.2, 0) is 4.79 Å². The average Bonchev–Trinajstić information content (AvgIpc) is 2.39. The fourth-order valence-corrected chi connectivity index (χ4v) is 1.79. The lowest BCUT2D eigenvalue weighted by Gasteiger charge is -2.20. The fraction of sp³-hybridized carbons (Fsp3) is 0.333. The molecule has 0 bridgehead atoms. The molecular weight excluding hydrogens is 285 g/mol. The monoisotopic (exact) mass is 299 g/mol. The van der Waals surface area contributed by atoms with Crippen LogP contribution < -0.4 is 5.73 Å². The topological polar surface area (TPSA) is 127 Å². The van der Waals surface area contributed by atoms with Crippen LogP contribution in [0.4, 0.5) is 15.8 Å². The van der Waals surface area contributed by atoms with Crippen molar-refractivity contribution in [2.45, 2.75) is 13.3 Å². The Kier molecular flexibility index (Phi) is 5.17. The number of hydrogen-bond acceptors (Lipinski definition) is 5. The number of anilines is 1. The van der Waals surface area contributed by atoms with Gasteiger partial charge in [-0.05, 0) is 12.5 Å². The van der Waals surface area contributed by atoms with Crippen molar-refractivity contribution in [3.8, 4) is 0 Å². The Morgan fingerprint density at radius 2 is 2.10 bits per heavy atom. The molecule has 1 aromatic rings. The molecule has 0 aliphatic heterocycles. The second-order valence-corrected chi connectivity index (χ2v) is 4.26. The van der Waals surface area contributed by atoms with Crippen LogP contribution in [0.25, 0.3) is 0 Å². The first-order chi connectivity index (χ1) is 9.77. The zero-order chi connectivity index (χ0) is 16.2. The molecule has 9 heteroatoms. The molecule has 0 aromatic heterocycles. The highest BCUT2D eigenvalue weighted by Crippen LogP contribution is 2.27. The van der Waals surface area contributed by atoms with Gasteiger partial charge in [-0.3, -0.25) is 19.7 Å². The Balaban J connectivity index is 3.27. The number of nitro benzene ring substituents is 1. The molecule has 8 nitrogen and oxygen atoms in total. The molecule has 3 N–H and O–H groups in total. The van der Waals surface area contributed by atoms with Crippen LogP contribution in [0.5, 0.6) is 0 Å². The van der Waals surface area contributed by atoms with Gasteiger partial charge in [-0.1, -0.05) is 6.92 Å². The van der Waals surface area contributed by atoms with Crippen molar-refractivity contribution >= 4 is 23.3 Å². The summed E-state index contributed by atoms with van der Waals surface area (Å²) in [5.41, 5.74) is 3.88. The molecule has 0 unspecified atom stereocenters. The van der Waals surface area contributed by atoms with Crippen LogP contribution in [-0.4, -0.2) is 39.9 Å². The molecule has 21 heavy (non-hydrogen) atoms. The summed E-state index contributed by atoms with van der Waals surface area (Å²) >= 11 is 0. The lowest BCUT2D eigenvalue weighted by molar-refractivity contribution is -0.384. The zero-order valence-electron chi connectivity index (χ0n) is 11.2. The number of aliphatic carboxylic acids is 1. The molecule has 0 saturated heterocycles. The largest absolute Gasteiger partial charge is 0.480 e. The predicted molar refractivity (Wildman–Crippen MR) is 71.3 cm³/mol. The summed E-state index contributed by atoms with van der Waals surface area (Å²) in [6.07, 6.45) is 0.469. The van der Waals surface area contributed by atoms with Gasteiger partial charge in [-0.15, -0.1) is 0 Å².